The standard InChI is InChI=1S/C36H52O6S2/c1-24(2)31-18-11-19-32(35(31)43(37,38)39)25(3)20-26-12-10-17-29(21-26)34-23-30(27-13-6-4-7-14-27)22-33(36(34)44(40,41)42)28-15-8-5-9-16-28/h11,18-19,22-29H,4-10,12-17,20-21H2,1-3H3,(H,37,38,39)(H,40,41,42). The van der Waals surface area contributed by atoms with Crippen LogP contribution < -0.4 is 0 Å². The zero-order valence-electron chi connectivity index (χ0n) is 26.8. The van der Waals surface area contributed by atoms with Crippen molar-refractivity contribution >= 4 is 20.2 Å². The van der Waals surface area contributed by atoms with E-state index in [4.69, 9.17) is 0 Å². The maximum absolute atomic E-state index is 13.2. The van der Waals surface area contributed by atoms with Crippen molar-refractivity contribution in [2.24, 2.45) is 5.92 Å². The molecule has 3 unspecified atom stereocenters. The second-order valence-electron chi connectivity index (χ2n) is 14.4. The van der Waals surface area contributed by atoms with Crippen LogP contribution in [0, 0.1) is 5.92 Å². The predicted molar refractivity (Wildman–Crippen MR) is 176 cm³/mol. The van der Waals surface area contributed by atoms with Gasteiger partial charge in [-0.1, -0.05) is 102 Å². The van der Waals surface area contributed by atoms with E-state index >= 15 is 0 Å². The molecule has 3 aliphatic carbocycles. The van der Waals surface area contributed by atoms with E-state index < -0.39 is 20.2 Å². The summed E-state index contributed by atoms with van der Waals surface area (Å²) < 4.78 is 72.4. The fourth-order valence-corrected chi connectivity index (χ4v) is 11.0. The number of hydrogen-bond acceptors (Lipinski definition) is 4. The van der Waals surface area contributed by atoms with Gasteiger partial charge < -0.3 is 0 Å². The lowest BCUT2D eigenvalue weighted by molar-refractivity contribution is 0.289. The van der Waals surface area contributed by atoms with Crippen LogP contribution in [-0.2, 0) is 20.2 Å². The van der Waals surface area contributed by atoms with Crippen LogP contribution in [0.4, 0.5) is 0 Å². The van der Waals surface area contributed by atoms with Crippen molar-refractivity contribution in [3.8, 4) is 0 Å². The molecule has 2 aromatic carbocycles. The Morgan fingerprint density at radius 3 is 1.75 bits per heavy atom. The van der Waals surface area contributed by atoms with Gasteiger partial charge in [-0.25, -0.2) is 0 Å². The number of rotatable bonds is 9. The van der Waals surface area contributed by atoms with Crippen molar-refractivity contribution < 1.29 is 25.9 Å². The summed E-state index contributed by atoms with van der Waals surface area (Å²) in [5, 5.41) is 0. The first kappa shape index (κ1) is 33.6. The summed E-state index contributed by atoms with van der Waals surface area (Å²) in [5.74, 6) is 0.744. The molecule has 3 atom stereocenters. The molecule has 0 saturated heterocycles. The molecular weight excluding hydrogens is 593 g/mol. The second-order valence-corrected chi connectivity index (χ2v) is 17.2. The molecule has 0 aliphatic heterocycles. The largest absolute Gasteiger partial charge is 0.295 e. The van der Waals surface area contributed by atoms with Crippen LogP contribution in [0.25, 0.3) is 0 Å². The quantitative estimate of drug-likeness (QED) is 0.263. The predicted octanol–water partition coefficient (Wildman–Crippen LogP) is 9.87. The van der Waals surface area contributed by atoms with Gasteiger partial charge >= 0.3 is 0 Å². The first-order valence-electron chi connectivity index (χ1n) is 17.1. The summed E-state index contributed by atoms with van der Waals surface area (Å²) in [5.41, 5.74) is 4.20. The first-order chi connectivity index (χ1) is 20.8. The van der Waals surface area contributed by atoms with Gasteiger partial charge in [0.25, 0.3) is 20.2 Å². The van der Waals surface area contributed by atoms with Crippen molar-refractivity contribution in [3.05, 3.63) is 58.1 Å². The molecule has 0 amide bonds. The van der Waals surface area contributed by atoms with Crippen LogP contribution in [-0.4, -0.2) is 25.9 Å². The van der Waals surface area contributed by atoms with Crippen molar-refractivity contribution in [1.29, 1.82) is 0 Å². The monoisotopic (exact) mass is 644 g/mol. The molecule has 0 spiro atoms. The van der Waals surface area contributed by atoms with Crippen LogP contribution in [0.1, 0.15) is 174 Å². The molecule has 0 radical (unpaired) electrons. The van der Waals surface area contributed by atoms with Crippen molar-refractivity contribution in [2.75, 3.05) is 0 Å². The van der Waals surface area contributed by atoms with Gasteiger partial charge in [0.1, 0.15) is 9.79 Å². The van der Waals surface area contributed by atoms with Crippen molar-refractivity contribution in [1.82, 2.24) is 0 Å². The smallest absolute Gasteiger partial charge is 0.282 e. The van der Waals surface area contributed by atoms with Gasteiger partial charge in [-0.05, 0) is 108 Å². The normalized spacial score (nSPS) is 23.6. The zero-order chi connectivity index (χ0) is 31.6. The third kappa shape index (κ3) is 7.62. The minimum atomic E-state index is -4.42. The van der Waals surface area contributed by atoms with E-state index in [2.05, 4.69) is 12.1 Å². The molecule has 244 valence electrons. The molecule has 8 heteroatoms. The Kier molecular flexibility index (Phi) is 10.7. The molecule has 5 rings (SSSR count). The highest BCUT2D eigenvalue weighted by Crippen LogP contribution is 2.48. The molecule has 3 saturated carbocycles. The Morgan fingerprint density at radius 1 is 0.659 bits per heavy atom. The molecule has 0 bridgehead atoms. The van der Waals surface area contributed by atoms with Gasteiger partial charge in [0, 0.05) is 0 Å². The third-order valence-corrected chi connectivity index (χ3v) is 12.9. The minimum Gasteiger partial charge on any atom is -0.282 e. The van der Waals surface area contributed by atoms with E-state index in [0.717, 1.165) is 81.8 Å². The lowest BCUT2D eigenvalue weighted by Crippen LogP contribution is -2.21. The summed E-state index contributed by atoms with van der Waals surface area (Å²) >= 11 is 0. The summed E-state index contributed by atoms with van der Waals surface area (Å²) in [4.78, 5) is 0.224. The molecule has 44 heavy (non-hydrogen) atoms. The van der Waals surface area contributed by atoms with Crippen LogP contribution >= 0.6 is 0 Å². The summed E-state index contributed by atoms with van der Waals surface area (Å²) in [6.07, 6.45) is 15.6. The molecule has 2 aromatic rings. The van der Waals surface area contributed by atoms with Gasteiger partial charge in [-0.3, -0.25) is 9.11 Å². The Bertz CT molecular complexity index is 1520. The summed E-state index contributed by atoms with van der Waals surface area (Å²) in [6.45, 7) is 5.90. The summed E-state index contributed by atoms with van der Waals surface area (Å²) in [7, 11) is -8.82. The Morgan fingerprint density at radius 2 is 1.18 bits per heavy atom. The highest BCUT2D eigenvalue weighted by atomic mass is 32.2. The first-order valence-corrected chi connectivity index (χ1v) is 20.0. The maximum atomic E-state index is 13.2. The highest BCUT2D eigenvalue weighted by Gasteiger charge is 2.35. The van der Waals surface area contributed by atoms with Crippen molar-refractivity contribution in [2.45, 2.75) is 156 Å². The average Bonchev–Trinajstić information content (AvgIpc) is 3.00. The fourth-order valence-electron chi connectivity index (χ4n) is 8.82. The zero-order valence-corrected chi connectivity index (χ0v) is 28.4. The highest BCUT2D eigenvalue weighted by molar-refractivity contribution is 7.86. The molecule has 2 N–H and O–H groups in total. The Labute approximate surface area is 265 Å². The number of hydrogen-bond donors (Lipinski definition) is 2. The SMILES string of the molecule is CC(C)c1cccc(C(C)CC2CCCC(c3cc(C4CCCCC4)cc(C4CCCCC4)c3S(=O)(=O)O)C2)c1S(=O)(=O)O. The van der Waals surface area contributed by atoms with E-state index in [1.54, 1.807) is 6.07 Å². The summed E-state index contributed by atoms with van der Waals surface area (Å²) in [6, 6.07) is 9.77. The van der Waals surface area contributed by atoms with Crippen LogP contribution in [0.5, 0.6) is 0 Å². The average molecular weight is 645 g/mol. The lowest BCUT2D eigenvalue weighted by Gasteiger charge is -2.35. The molecular formula is C36H52O6S2. The van der Waals surface area contributed by atoms with Gasteiger partial charge in [0.05, 0.1) is 0 Å². The van der Waals surface area contributed by atoms with E-state index in [9.17, 15) is 25.9 Å². The lowest BCUT2D eigenvalue weighted by atomic mass is 9.72. The molecule has 3 fully saturated rings. The minimum absolute atomic E-state index is 0.0202. The topological polar surface area (TPSA) is 109 Å². The van der Waals surface area contributed by atoms with E-state index in [1.165, 1.54) is 31.2 Å². The van der Waals surface area contributed by atoms with E-state index in [-0.39, 0.29) is 39.4 Å². The fraction of sp³-hybridized carbons (Fsp3) is 0.667. The van der Waals surface area contributed by atoms with Gasteiger partial charge in [-0.2, -0.15) is 16.8 Å². The van der Waals surface area contributed by atoms with E-state index in [0.29, 0.717) is 17.0 Å². The molecule has 0 heterocycles. The number of benzene rings is 2. The van der Waals surface area contributed by atoms with Gasteiger partial charge in [0.15, 0.2) is 0 Å². The Balaban J connectivity index is 1.50. The third-order valence-electron chi connectivity index (χ3n) is 10.9. The van der Waals surface area contributed by atoms with Gasteiger partial charge in [0.2, 0.25) is 0 Å². The maximum Gasteiger partial charge on any atom is 0.295 e. The second kappa shape index (κ2) is 13.9. The molecule has 0 aromatic heterocycles. The van der Waals surface area contributed by atoms with Crippen molar-refractivity contribution in [3.63, 3.8) is 0 Å². The van der Waals surface area contributed by atoms with Crippen LogP contribution in [0.3, 0.4) is 0 Å². The molecule has 6 nitrogen and oxygen atoms in total. The van der Waals surface area contributed by atoms with E-state index in [1.807, 2.05) is 32.9 Å². The van der Waals surface area contributed by atoms with Crippen LogP contribution in [0.2, 0.25) is 0 Å². The Hall–Kier alpha value is -1.74. The molecule has 3 aliphatic rings. The van der Waals surface area contributed by atoms with Gasteiger partial charge in [-0.15, -0.1) is 0 Å². The van der Waals surface area contributed by atoms with Crippen LogP contribution in [0.15, 0.2) is 40.1 Å².